The van der Waals surface area contributed by atoms with E-state index in [-0.39, 0.29) is 78.9 Å². The number of halogens is 4. The van der Waals surface area contributed by atoms with Gasteiger partial charge in [0.15, 0.2) is 34.7 Å². The highest BCUT2D eigenvalue weighted by Crippen LogP contribution is 2.30. The maximum Gasteiger partial charge on any atom is 0.338 e. The molecule has 0 atom stereocenters. The topological polar surface area (TPSA) is 107 Å². The Balaban J connectivity index is 1.80. The van der Waals surface area contributed by atoms with Gasteiger partial charge in [-0.1, -0.05) is 56.0 Å². The van der Waals surface area contributed by atoms with Crippen LogP contribution in [0.4, 0.5) is 13.2 Å². The highest BCUT2D eigenvalue weighted by molar-refractivity contribution is 9.09. The van der Waals surface area contributed by atoms with E-state index in [1.807, 2.05) is 20.8 Å². The van der Waals surface area contributed by atoms with Crippen molar-refractivity contribution in [3.05, 3.63) is 88.7 Å². The van der Waals surface area contributed by atoms with Gasteiger partial charge in [-0.3, -0.25) is 0 Å². The third-order valence-corrected chi connectivity index (χ3v) is 8.77. The van der Waals surface area contributed by atoms with Gasteiger partial charge in [0.25, 0.3) is 0 Å². The summed E-state index contributed by atoms with van der Waals surface area (Å²) in [6, 6.07) is 10.9. The van der Waals surface area contributed by atoms with Gasteiger partial charge in [-0.05, 0) is 73.9 Å². The summed E-state index contributed by atoms with van der Waals surface area (Å²) in [7, 11) is 0. The van der Waals surface area contributed by atoms with E-state index in [4.69, 9.17) is 28.4 Å². The second-order valence-electron chi connectivity index (χ2n) is 11.9. The maximum atomic E-state index is 15.1. The van der Waals surface area contributed by atoms with Crippen LogP contribution in [-0.4, -0.2) is 62.9 Å². The lowest BCUT2D eigenvalue weighted by Gasteiger charge is -2.31. The van der Waals surface area contributed by atoms with Crippen LogP contribution in [0.25, 0.3) is 0 Å². The minimum atomic E-state index is -1.20. The van der Waals surface area contributed by atoms with E-state index >= 15 is 13.2 Å². The van der Waals surface area contributed by atoms with Crippen LogP contribution in [0.15, 0.2) is 54.6 Å². The number of hydrogen-bond donors (Lipinski definition) is 0. The highest BCUT2D eigenvalue weighted by atomic mass is 79.9. The molecule has 0 N–H and O–H groups in total. The summed E-state index contributed by atoms with van der Waals surface area (Å²) in [5.74, 6) is -5.08. The predicted molar refractivity (Wildman–Crippen MR) is 187 cm³/mol. The minimum Gasteiger partial charge on any atom is -0.490 e. The second kappa shape index (κ2) is 21.2. The first-order valence-corrected chi connectivity index (χ1v) is 18.0. The lowest BCUT2D eigenvalue weighted by Crippen LogP contribution is -2.42. The van der Waals surface area contributed by atoms with Gasteiger partial charge in [0.2, 0.25) is 0 Å². The van der Waals surface area contributed by atoms with E-state index in [9.17, 15) is 14.4 Å². The van der Waals surface area contributed by atoms with Crippen LogP contribution in [0.2, 0.25) is 0 Å². The molecule has 0 aliphatic carbocycles. The molecule has 0 fully saturated rings. The van der Waals surface area contributed by atoms with Crippen LogP contribution < -0.4 is 14.2 Å². The number of rotatable bonds is 22. The molecule has 0 bridgehead atoms. The van der Waals surface area contributed by atoms with Gasteiger partial charge in [0.05, 0.1) is 41.9 Å². The fraction of sp³-hybridized carbons (Fsp3) is 0.447. The van der Waals surface area contributed by atoms with E-state index in [0.717, 1.165) is 37.5 Å². The van der Waals surface area contributed by atoms with Crippen LogP contribution in [0.5, 0.6) is 17.2 Å². The van der Waals surface area contributed by atoms with Gasteiger partial charge >= 0.3 is 17.9 Å². The molecule has 3 aromatic rings. The molecule has 51 heavy (non-hydrogen) atoms. The number of ether oxygens (including phenoxy) is 6. The number of hydrogen-bond acceptors (Lipinski definition) is 9. The maximum absolute atomic E-state index is 15.1. The standard InChI is InChI=1S/C38H44BrF3O9/c1-4-7-16-46-35(43)26-10-13-32(29(40)19-26)49-23-38(22-39,24-50-33-14-11-27(20-30(33)41)36(44)47-17-8-5-2)25-51-34-15-12-28(21-31(34)42)37(45)48-18-9-6-3/h10-15,19-21H,4-9,16-18,22-25H2,1-3H3. The molecule has 0 heterocycles. The molecule has 0 amide bonds. The molecule has 0 saturated heterocycles. The first-order valence-electron chi connectivity index (χ1n) is 16.9. The van der Waals surface area contributed by atoms with E-state index < -0.39 is 40.8 Å². The summed E-state index contributed by atoms with van der Waals surface area (Å²) >= 11 is 3.43. The van der Waals surface area contributed by atoms with Crippen molar-refractivity contribution in [2.24, 2.45) is 5.41 Å². The first-order chi connectivity index (χ1) is 24.6. The number of alkyl halides is 1. The zero-order valence-corrected chi connectivity index (χ0v) is 30.7. The molecule has 3 aromatic carbocycles. The van der Waals surface area contributed by atoms with Crippen molar-refractivity contribution >= 4 is 33.8 Å². The van der Waals surface area contributed by atoms with Crippen molar-refractivity contribution in [3.8, 4) is 17.2 Å². The zero-order valence-electron chi connectivity index (χ0n) is 29.1. The molecule has 3 rings (SSSR count). The van der Waals surface area contributed by atoms with E-state index in [1.54, 1.807) is 0 Å². The molecule has 0 aromatic heterocycles. The van der Waals surface area contributed by atoms with E-state index in [2.05, 4.69) is 15.9 Å². The summed E-state index contributed by atoms with van der Waals surface area (Å²) in [6.45, 7) is 5.65. The van der Waals surface area contributed by atoms with Crippen LogP contribution >= 0.6 is 15.9 Å². The molecule has 0 aliphatic rings. The summed E-state index contributed by atoms with van der Waals surface area (Å²) in [5, 5.41) is 0.0936. The molecule has 0 aliphatic heterocycles. The first kappa shape index (κ1) is 41.2. The van der Waals surface area contributed by atoms with Crippen LogP contribution in [0.3, 0.4) is 0 Å². The molecular weight excluding hydrogens is 737 g/mol. The molecular formula is C38H44BrF3O9. The minimum absolute atomic E-state index is 0.00992. The number of carbonyl (C=O) groups is 3. The average molecular weight is 782 g/mol. The zero-order chi connectivity index (χ0) is 37.2. The van der Waals surface area contributed by atoms with Gasteiger partial charge < -0.3 is 28.4 Å². The van der Waals surface area contributed by atoms with Crippen LogP contribution in [0.1, 0.15) is 90.4 Å². The van der Waals surface area contributed by atoms with Crippen molar-refractivity contribution in [2.75, 3.05) is 45.0 Å². The average Bonchev–Trinajstić information content (AvgIpc) is 3.12. The Morgan fingerprint density at radius 3 is 1.08 bits per heavy atom. The molecule has 0 radical (unpaired) electrons. The van der Waals surface area contributed by atoms with Crippen molar-refractivity contribution < 1.29 is 56.0 Å². The third kappa shape index (κ3) is 12.8. The summed E-state index contributed by atoms with van der Waals surface area (Å²) in [6.07, 6.45) is 4.51. The highest BCUT2D eigenvalue weighted by Gasteiger charge is 2.34. The molecule has 9 nitrogen and oxygen atoms in total. The normalized spacial score (nSPS) is 11.1. The van der Waals surface area contributed by atoms with Crippen molar-refractivity contribution in [2.45, 2.75) is 59.3 Å². The molecule has 278 valence electrons. The Labute approximate surface area is 304 Å². The summed E-state index contributed by atoms with van der Waals surface area (Å²) in [5.41, 5.74) is -1.17. The Kier molecular flexibility index (Phi) is 17.1. The second-order valence-corrected chi connectivity index (χ2v) is 12.5. The summed E-state index contributed by atoms with van der Waals surface area (Å²) in [4.78, 5) is 36.9. The molecule has 13 heteroatoms. The van der Waals surface area contributed by atoms with Gasteiger partial charge in [-0.25, -0.2) is 27.6 Å². The number of carbonyl (C=O) groups excluding carboxylic acids is 3. The van der Waals surface area contributed by atoms with Crippen molar-refractivity contribution in [3.63, 3.8) is 0 Å². The monoisotopic (exact) mass is 780 g/mol. The van der Waals surface area contributed by atoms with Gasteiger partial charge in [0, 0.05) is 5.33 Å². The lowest BCUT2D eigenvalue weighted by molar-refractivity contribution is 0.0473. The van der Waals surface area contributed by atoms with Crippen molar-refractivity contribution in [1.82, 2.24) is 0 Å². The molecule has 0 unspecified atom stereocenters. The van der Waals surface area contributed by atoms with Crippen LogP contribution in [0, 0.1) is 22.9 Å². The van der Waals surface area contributed by atoms with Crippen LogP contribution in [-0.2, 0) is 14.2 Å². The molecule has 0 spiro atoms. The van der Waals surface area contributed by atoms with E-state index in [0.29, 0.717) is 19.3 Å². The smallest absolute Gasteiger partial charge is 0.338 e. The number of benzene rings is 3. The third-order valence-electron chi connectivity index (χ3n) is 7.58. The number of unbranched alkanes of at least 4 members (excludes halogenated alkanes) is 3. The Morgan fingerprint density at radius 1 is 0.549 bits per heavy atom. The lowest BCUT2D eigenvalue weighted by atomic mass is 9.94. The van der Waals surface area contributed by atoms with E-state index in [1.165, 1.54) is 36.4 Å². The number of esters is 3. The van der Waals surface area contributed by atoms with Gasteiger partial charge in [-0.2, -0.15) is 0 Å². The quantitative estimate of drug-likeness (QED) is 0.0428. The SMILES string of the molecule is CCCCOC(=O)c1ccc(OCC(CBr)(COc2ccc(C(=O)OCCCC)cc2F)COc2ccc(C(=O)OCCCC)cc2F)c(F)c1. The fourth-order valence-corrected chi connectivity index (χ4v) is 4.83. The summed E-state index contributed by atoms with van der Waals surface area (Å²) < 4.78 is 78.3. The van der Waals surface area contributed by atoms with Gasteiger partial charge in [0.1, 0.15) is 19.8 Å². The Bertz CT molecular complexity index is 1420. The Hall–Kier alpha value is -4.26. The fourth-order valence-electron chi connectivity index (χ4n) is 4.35. The molecule has 0 saturated carbocycles. The Morgan fingerprint density at radius 2 is 0.843 bits per heavy atom. The predicted octanol–water partition coefficient (Wildman–Crippen LogP) is 8.89. The van der Waals surface area contributed by atoms with Crippen molar-refractivity contribution in [1.29, 1.82) is 0 Å². The largest absolute Gasteiger partial charge is 0.490 e. The van der Waals surface area contributed by atoms with Gasteiger partial charge in [-0.15, -0.1) is 0 Å².